The lowest BCUT2D eigenvalue weighted by atomic mass is 9.93. The normalized spacial score (nSPS) is 14.8. The molecule has 1 aromatic heterocycles. The lowest BCUT2D eigenvalue weighted by Crippen LogP contribution is -2.41. The van der Waals surface area contributed by atoms with Gasteiger partial charge in [0.2, 0.25) is 0 Å². The van der Waals surface area contributed by atoms with Crippen molar-refractivity contribution in [2.24, 2.45) is 0 Å². The van der Waals surface area contributed by atoms with Crippen molar-refractivity contribution in [3.63, 3.8) is 0 Å². The number of carboxylic acid groups (broad SMARTS) is 2. The van der Waals surface area contributed by atoms with Gasteiger partial charge in [0.05, 0.1) is 11.9 Å². The zero-order valence-electron chi connectivity index (χ0n) is 15.1. The number of carbonyl (C=O) groups is 3. The van der Waals surface area contributed by atoms with Crippen LogP contribution >= 0.6 is 0 Å². The van der Waals surface area contributed by atoms with E-state index in [9.17, 15) is 4.79 Å². The van der Waals surface area contributed by atoms with Crippen LogP contribution in [-0.4, -0.2) is 56.8 Å². The molecule has 1 amide bonds. The van der Waals surface area contributed by atoms with Crippen LogP contribution in [0.5, 0.6) is 0 Å². The zero-order valence-corrected chi connectivity index (χ0v) is 15.1. The summed E-state index contributed by atoms with van der Waals surface area (Å²) in [6.45, 7) is 7.08. The predicted molar refractivity (Wildman–Crippen MR) is 93.7 cm³/mol. The van der Waals surface area contributed by atoms with E-state index in [1.807, 2.05) is 32.9 Å². The molecule has 2 rings (SSSR count). The van der Waals surface area contributed by atoms with Gasteiger partial charge in [-0.1, -0.05) is 0 Å². The Hall–Kier alpha value is -2.84. The molecule has 9 heteroatoms. The number of carbonyl (C=O) groups excluding carboxylic acids is 1. The van der Waals surface area contributed by atoms with E-state index < -0.39 is 17.5 Å². The third kappa shape index (κ3) is 7.37. The van der Waals surface area contributed by atoms with Crippen LogP contribution in [-0.2, 0) is 14.3 Å². The fraction of sp³-hybridized carbons (Fsp3) is 0.529. The van der Waals surface area contributed by atoms with E-state index in [0.29, 0.717) is 24.7 Å². The minimum atomic E-state index is -1.82. The van der Waals surface area contributed by atoms with Gasteiger partial charge in [0, 0.05) is 24.7 Å². The fourth-order valence-electron chi connectivity index (χ4n) is 2.34. The monoisotopic (exact) mass is 367 g/mol. The number of aliphatic carboxylic acids is 2. The van der Waals surface area contributed by atoms with Crippen LogP contribution in [0.3, 0.4) is 0 Å². The number of piperidine rings is 1. The fourth-order valence-corrected chi connectivity index (χ4v) is 2.34. The van der Waals surface area contributed by atoms with Gasteiger partial charge in [-0.05, 0) is 45.7 Å². The molecule has 9 nitrogen and oxygen atoms in total. The van der Waals surface area contributed by atoms with E-state index in [1.54, 1.807) is 11.1 Å². The third-order valence-electron chi connectivity index (χ3n) is 3.56. The number of aromatic nitrogens is 1. The number of amides is 1. The van der Waals surface area contributed by atoms with Crippen LogP contribution in [0.25, 0.3) is 0 Å². The first-order chi connectivity index (χ1) is 12.0. The Kier molecular flexibility index (Phi) is 7.36. The summed E-state index contributed by atoms with van der Waals surface area (Å²) in [5, 5.41) is 14.8. The van der Waals surface area contributed by atoms with Crippen molar-refractivity contribution in [2.75, 3.05) is 18.8 Å². The van der Waals surface area contributed by atoms with Crippen LogP contribution in [0.4, 0.5) is 10.5 Å². The molecule has 0 atom stereocenters. The average Bonchev–Trinajstić information content (AvgIpc) is 2.54. The van der Waals surface area contributed by atoms with Crippen molar-refractivity contribution in [3.8, 4) is 0 Å². The molecule has 0 radical (unpaired) electrons. The number of hydrogen-bond acceptors (Lipinski definition) is 6. The molecule has 1 aliphatic heterocycles. The van der Waals surface area contributed by atoms with E-state index >= 15 is 0 Å². The SMILES string of the molecule is CC(C)(C)OC(=O)N1CCC(c2ccc(N)cn2)CC1.O=C(O)C(=O)O. The molecular weight excluding hydrogens is 342 g/mol. The minimum absolute atomic E-state index is 0.221. The highest BCUT2D eigenvalue weighted by Gasteiger charge is 2.27. The topological polar surface area (TPSA) is 143 Å². The molecular formula is C17H25N3O6. The van der Waals surface area contributed by atoms with Gasteiger partial charge in [0.15, 0.2) is 0 Å². The van der Waals surface area contributed by atoms with Crippen LogP contribution < -0.4 is 5.73 Å². The summed E-state index contributed by atoms with van der Waals surface area (Å²) in [5.41, 5.74) is 6.95. The van der Waals surface area contributed by atoms with Gasteiger partial charge in [-0.3, -0.25) is 4.98 Å². The number of rotatable bonds is 1. The molecule has 2 heterocycles. The molecule has 144 valence electrons. The van der Waals surface area contributed by atoms with E-state index in [4.69, 9.17) is 30.3 Å². The molecule has 1 aliphatic rings. The number of hydrogen-bond donors (Lipinski definition) is 3. The van der Waals surface area contributed by atoms with Gasteiger partial charge >= 0.3 is 18.0 Å². The molecule has 0 aromatic carbocycles. The summed E-state index contributed by atoms with van der Waals surface area (Å²) in [4.78, 5) is 36.3. The number of carboxylic acids is 2. The summed E-state index contributed by atoms with van der Waals surface area (Å²) >= 11 is 0. The maximum Gasteiger partial charge on any atom is 0.414 e. The first kappa shape index (κ1) is 21.2. The van der Waals surface area contributed by atoms with E-state index in [1.165, 1.54) is 0 Å². The Morgan fingerprint density at radius 2 is 1.69 bits per heavy atom. The van der Waals surface area contributed by atoms with Crippen LogP contribution in [0, 0.1) is 0 Å². The number of nitrogens with two attached hydrogens (primary N) is 1. The van der Waals surface area contributed by atoms with E-state index in [-0.39, 0.29) is 6.09 Å². The second kappa shape index (κ2) is 9.02. The molecule has 0 bridgehead atoms. The number of pyridine rings is 1. The van der Waals surface area contributed by atoms with Crippen LogP contribution in [0.15, 0.2) is 18.3 Å². The molecule has 0 spiro atoms. The molecule has 1 aromatic rings. The Balaban J connectivity index is 0.000000487. The summed E-state index contributed by atoms with van der Waals surface area (Å²) < 4.78 is 5.39. The first-order valence-electron chi connectivity index (χ1n) is 8.15. The number of nitrogens with zero attached hydrogens (tertiary/aromatic N) is 2. The van der Waals surface area contributed by atoms with Crippen LogP contribution in [0.1, 0.15) is 45.2 Å². The quantitative estimate of drug-likeness (QED) is 0.639. The van der Waals surface area contributed by atoms with Crippen molar-refractivity contribution in [1.29, 1.82) is 0 Å². The second-order valence-electron chi connectivity index (χ2n) is 6.87. The highest BCUT2D eigenvalue weighted by atomic mass is 16.6. The average molecular weight is 367 g/mol. The standard InChI is InChI=1S/C15H23N3O2.C2H2O4/c1-15(2,3)20-14(19)18-8-6-11(7-9-18)13-5-4-12(16)10-17-13;3-1(4)2(5)6/h4-5,10-11H,6-9,16H2,1-3H3;(H,3,4)(H,5,6). The second-order valence-corrected chi connectivity index (χ2v) is 6.87. The van der Waals surface area contributed by atoms with Crippen molar-refractivity contribution < 1.29 is 29.3 Å². The van der Waals surface area contributed by atoms with Crippen molar-refractivity contribution >= 4 is 23.7 Å². The van der Waals surface area contributed by atoms with Gasteiger partial charge in [-0.15, -0.1) is 0 Å². The van der Waals surface area contributed by atoms with Gasteiger partial charge < -0.3 is 25.6 Å². The van der Waals surface area contributed by atoms with E-state index in [2.05, 4.69) is 4.98 Å². The molecule has 1 fully saturated rings. The summed E-state index contributed by atoms with van der Waals surface area (Å²) in [7, 11) is 0. The molecule has 0 saturated carbocycles. The highest BCUT2D eigenvalue weighted by molar-refractivity contribution is 6.27. The Bertz CT molecular complexity index is 619. The van der Waals surface area contributed by atoms with Gasteiger partial charge in [0.1, 0.15) is 5.60 Å². The number of ether oxygens (including phenoxy) is 1. The lowest BCUT2D eigenvalue weighted by molar-refractivity contribution is -0.159. The number of anilines is 1. The third-order valence-corrected chi connectivity index (χ3v) is 3.56. The minimum Gasteiger partial charge on any atom is -0.473 e. The maximum absolute atomic E-state index is 12.0. The Morgan fingerprint density at radius 1 is 1.15 bits per heavy atom. The van der Waals surface area contributed by atoms with Gasteiger partial charge in [0.25, 0.3) is 0 Å². The first-order valence-corrected chi connectivity index (χ1v) is 8.15. The molecule has 26 heavy (non-hydrogen) atoms. The van der Waals surface area contributed by atoms with Gasteiger partial charge in [-0.2, -0.15) is 0 Å². The highest BCUT2D eigenvalue weighted by Crippen LogP contribution is 2.27. The van der Waals surface area contributed by atoms with Crippen molar-refractivity contribution in [2.45, 2.75) is 45.1 Å². The Morgan fingerprint density at radius 3 is 2.08 bits per heavy atom. The smallest absolute Gasteiger partial charge is 0.414 e. The zero-order chi connectivity index (χ0) is 19.9. The predicted octanol–water partition coefficient (Wildman–Crippen LogP) is 1.93. The Labute approximate surface area is 151 Å². The van der Waals surface area contributed by atoms with E-state index in [0.717, 1.165) is 18.5 Å². The van der Waals surface area contributed by atoms with Crippen molar-refractivity contribution in [3.05, 3.63) is 24.0 Å². The molecule has 0 unspecified atom stereocenters. The van der Waals surface area contributed by atoms with Gasteiger partial charge in [-0.25, -0.2) is 14.4 Å². The maximum atomic E-state index is 12.0. The molecule has 1 saturated heterocycles. The number of nitrogen functional groups attached to an aromatic ring is 1. The lowest BCUT2D eigenvalue weighted by Gasteiger charge is -2.33. The summed E-state index contributed by atoms with van der Waals surface area (Å²) in [6.07, 6.45) is 3.29. The van der Waals surface area contributed by atoms with Crippen LogP contribution in [0.2, 0.25) is 0 Å². The molecule has 4 N–H and O–H groups in total. The summed E-state index contributed by atoms with van der Waals surface area (Å²) in [6, 6.07) is 3.85. The van der Waals surface area contributed by atoms with Crippen molar-refractivity contribution in [1.82, 2.24) is 9.88 Å². The number of likely N-dealkylation sites (tertiary alicyclic amines) is 1. The summed E-state index contributed by atoms with van der Waals surface area (Å²) in [5.74, 6) is -3.25. The largest absolute Gasteiger partial charge is 0.473 e. The molecule has 0 aliphatic carbocycles.